The molecule has 1 unspecified atom stereocenters. The second kappa shape index (κ2) is 4.54. The van der Waals surface area contributed by atoms with Crippen LogP contribution in [0.3, 0.4) is 0 Å². The van der Waals surface area contributed by atoms with Gasteiger partial charge in [-0.25, -0.2) is 14.2 Å². The summed E-state index contributed by atoms with van der Waals surface area (Å²) in [5, 5.41) is 9.96. The number of carboxylic acid groups (broad SMARTS) is 1. The molecule has 0 spiro atoms. The Morgan fingerprint density at radius 2 is 2.25 bits per heavy atom. The minimum Gasteiger partial charge on any atom is -0.478 e. The lowest BCUT2D eigenvalue weighted by atomic mass is 9.98. The maximum atomic E-state index is 14.1. The summed E-state index contributed by atoms with van der Waals surface area (Å²) in [5.74, 6) is -1.18. The maximum absolute atomic E-state index is 14.1. The summed E-state index contributed by atoms with van der Waals surface area (Å²) in [4.78, 5) is 16.1. The minimum absolute atomic E-state index is 0.187. The Kier molecular flexibility index (Phi) is 2.96. The summed E-state index contributed by atoms with van der Waals surface area (Å²) in [6.07, 6.45) is 2.52. The van der Waals surface area contributed by atoms with Gasteiger partial charge in [0.15, 0.2) is 0 Å². The van der Waals surface area contributed by atoms with Crippen molar-refractivity contribution in [2.24, 2.45) is 0 Å². The fourth-order valence-corrected chi connectivity index (χ4v) is 3.21. The van der Waals surface area contributed by atoms with Crippen LogP contribution in [-0.2, 0) is 6.42 Å². The number of carboxylic acids is 1. The minimum atomic E-state index is -0.990. The predicted molar refractivity (Wildman–Crippen MR) is 74.8 cm³/mol. The Hall–Kier alpha value is -1.97. The molecule has 1 aromatic carbocycles. The lowest BCUT2D eigenvalue weighted by Gasteiger charge is -2.12. The normalized spacial score (nSPS) is 17.4. The van der Waals surface area contributed by atoms with Crippen LogP contribution in [0.4, 0.5) is 4.39 Å². The number of nitrogens with zero attached hydrogens (tertiary/aromatic N) is 1. The molecule has 20 heavy (non-hydrogen) atoms. The standard InChI is InChI=1S/C16H16FNO2/c1-3-9-4-5-10-13(16(19)20)11-6-8(2)7-12(17)15(11)18-14(9)10/h6-7,9H,3-5H2,1-2H3,(H,19,20). The third kappa shape index (κ3) is 1.79. The second-order valence-electron chi connectivity index (χ2n) is 5.44. The van der Waals surface area contributed by atoms with Gasteiger partial charge in [-0.1, -0.05) is 6.92 Å². The average molecular weight is 273 g/mol. The molecule has 1 aliphatic carbocycles. The van der Waals surface area contributed by atoms with Crippen molar-refractivity contribution in [3.63, 3.8) is 0 Å². The Balaban J connectivity index is 2.44. The van der Waals surface area contributed by atoms with E-state index in [1.807, 2.05) is 0 Å². The third-order valence-electron chi connectivity index (χ3n) is 4.16. The molecular formula is C16H16FNO2. The molecule has 3 rings (SSSR count). The molecule has 4 heteroatoms. The molecule has 0 saturated carbocycles. The predicted octanol–water partition coefficient (Wildman–Crippen LogP) is 3.82. The highest BCUT2D eigenvalue weighted by atomic mass is 19.1. The Morgan fingerprint density at radius 3 is 2.90 bits per heavy atom. The molecule has 104 valence electrons. The Labute approximate surface area is 116 Å². The van der Waals surface area contributed by atoms with E-state index in [0.717, 1.165) is 24.1 Å². The highest BCUT2D eigenvalue weighted by molar-refractivity contribution is 6.04. The summed E-state index contributed by atoms with van der Waals surface area (Å²) in [5.41, 5.74) is 2.71. The third-order valence-corrected chi connectivity index (χ3v) is 4.16. The fraction of sp³-hybridized carbons (Fsp3) is 0.375. The number of rotatable bonds is 2. The lowest BCUT2D eigenvalue weighted by Crippen LogP contribution is -2.07. The molecule has 0 radical (unpaired) electrons. The van der Waals surface area contributed by atoms with Crippen LogP contribution < -0.4 is 0 Å². The Morgan fingerprint density at radius 1 is 1.50 bits per heavy atom. The van der Waals surface area contributed by atoms with Crippen LogP contribution in [0.2, 0.25) is 0 Å². The number of pyridine rings is 1. The van der Waals surface area contributed by atoms with Crippen LogP contribution >= 0.6 is 0 Å². The van der Waals surface area contributed by atoms with E-state index in [9.17, 15) is 14.3 Å². The fourth-order valence-electron chi connectivity index (χ4n) is 3.21. The number of carbonyl (C=O) groups is 1. The van der Waals surface area contributed by atoms with Gasteiger partial charge >= 0.3 is 5.97 Å². The number of hydrogen-bond acceptors (Lipinski definition) is 2. The van der Waals surface area contributed by atoms with Gasteiger partial charge in [-0.3, -0.25) is 0 Å². The number of fused-ring (bicyclic) bond motifs is 2. The topological polar surface area (TPSA) is 50.2 Å². The molecule has 0 aliphatic heterocycles. The zero-order valence-corrected chi connectivity index (χ0v) is 11.5. The largest absolute Gasteiger partial charge is 0.478 e. The molecule has 0 saturated heterocycles. The van der Waals surface area contributed by atoms with Crippen LogP contribution in [0.25, 0.3) is 10.9 Å². The van der Waals surface area contributed by atoms with Gasteiger partial charge in [-0.15, -0.1) is 0 Å². The van der Waals surface area contributed by atoms with E-state index in [1.54, 1.807) is 13.0 Å². The molecule has 0 amide bonds. The van der Waals surface area contributed by atoms with Gasteiger partial charge in [0.25, 0.3) is 0 Å². The van der Waals surface area contributed by atoms with E-state index < -0.39 is 11.8 Å². The van der Waals surface area contributed by atoms with Crippen molar-refractivity contribution in [2.45, 2.75) is 39.0 Å². The number of aromatic carboxylic acids is 1. The van der Waals surface area contributed by atoms with Gasteiger partial charge in [0.2, 0.25) is 0 Å². The number of aromatic nitrogens is 1. The number of halogens is 1. The van der Waals surface area contributed by atoms with E-state index in [0.29, 0.717) is 17.4 Å². The van der Waals surface area contributed by atoms with Gasteiger partial charge in [-0.05, 0) is 49.4 Å². The molecule has 1 N–H and O–H groups in total. The Bertz CT molecular complexity index is 724. The van der Waals surface area contributed by atoms with Crippen molar-refractivity contribution in [2.75, 3.05) is 0 Å². The zero-order chi connectivity index (χ0) is 14.4. The molecule has 1 aromatic heterocycles. The molecule has 2 aromatic rings. The molecule has 0 fully saturated rings. The smallest absolute Gasteiger partial charge is 0.336 e. The first-order valence-corrected chi connectivity index (χ1v) is 6.88. The molecule has 1 heterocycles. The lowest BCUT2D eigenvalue weighted by molar-refractivity contribution is 0.0698. The van der Waals surface area contributed by atoms with Crippen LogP contribution in [0, 0.1) is 12.7 Å². The monoisotopic (exact) mass is 273 g/mol. The summed E-state index contributed by atoms with van der Waals surface area (Å²) in [7, 11) is 0. The van der Waals surface area contributed by atoms with Crippen molar-refractivity contribution >= 4 is 16.9 Å². The molecule has 3 nitrogen and oxygen atoms in total. The highest BCUT2D eigenvalue weighted by Gasteiger charge is 2.30. The van der Waals surface area contributed by atoms with Crippen molar-refractivity contribution < 1.29 is 14.3 Å². The molecule has 0 bridgehead atoms. The van der Waals surface area contributed by atoms with Crippen LogP contribution in [0.1, 0.15) is 52.9 Å². The summed E-state index contributed by atoms with van der Waals surface area (Å²) in [6, 6.07) is 3.12. The second-order valence-corrected chi connectivity index (χ2v) is 5.44. The first kappa shape index (κ1) is 13.0. The van der Waals surface area contributed by atoms with Crippen molar-refractivity contribution in [1.82, 2.24) is 4.98 Å². The van der Waals surface area contributed by atoms with Gasteiger partial charge in [0.05, 0.1) is 5.56 Å². The summed E-state index contributed by atoms with van der Waals surface area (Å²) < 4.78 is 14.1. The zero-order valence-electron chi connectivity index (χ0n) is 11.5. The van der Waals surface area contributed by atoms with Crippen LogP contribution in [0.5, 0.6) is 0 Å². The SMILES string of the molecule is CCC1CCc2c1nc1c(F)cc(C)cc1c2C(=O)O. The molecular weight excluding hydrogens is 257 g/mol. The van der Waals surface area contributed by atoms with E-state index >= 15 is 0 Å². The highest BCUT2D eigenvalue weighted by Crippen LogP contribution is 2.39. The number of aryl methyl sites for hydroxylation is 1. The van der Waals surface area contributed by atoms with E-state index in [1.165, 1.54) is 6.07 Å². The van der Waals surface area contributed by atoms with Gasteiger partial charge in [-0.2, -0.15) is 0 Å². The van der Waals surface area contributed by atoms with Gasteiger partial charge in [0.1, 0.15) is 11.3 Å². The quantitative estimate of drug-likeness (QED) is 0.905. The first-order valence-electron chi connectivity index (χ1n) is 6.88. The number of hydrogen-bond donors (Lipinski definition) is 1. The maximum Gasteiger partial charge on any atom is 0.336 e. The molecule has 1 aliphatic rings. The van der Waals surface area contributed by atoms with E-state index in [-0.39, 0.29) is 17.0 Å². The first-order chi connectivity index (χ1) is 9.52. The van der Waals surface area contributed by atoms with Crippen LogP contribution in [-0.4, -0.2) is 16.1 Å². The molecule has 1 atom stereocenters. The van der Waals surface area contributed by atoms with Crippen molar-refractivity contribution in [1.29, 1.82) is 0 Å². The number of benzene rings is 1. The average Bonchev–Trinajstić information content (AvgIpc) is 2.78. The summed E-state index contributed by atoms with van der Waals surface area (Å²) in [6.45, 7) is 3.81. The van der Waals surface area contributed by atoms with Crippen LogP contribution in [0.15, 0.2) is 12.1 Å². The van der Waals surface area contributed by atoms with Crippen molar-refractivity contribution in [3.8, 4) is 0 Å². The van der Waals surface area contributed by atoms with Crippen molar-refractivity contribution in [3.05, 3.63) is 40.3 Å². The van der Waals surface area contributed by atoms with E-state index in [2.05, 4.69) is 11.9 Å². The van der Waals surface area contributed by atoms with Gasteiger partial charge in [0, 0.05) is 17.0 Å². The summed E-state index contributed by atoms with van der Waals surface area (Å²) >= 11 is 0. The van der Waals surface area contributed by atoms with Gasteiger partial charge < -0.3 is 5.11 Å². The van der Waals surface area contributed by atoms with E-state index in [4.69, 9.17) is 0 Å².